The number of carbonyl (C=O) groups is 2. The third-order valence-electron chi connectivity index (χ3n) is 4.13. The first kappa shape index (κ1) is 15.1. The van der Waals surface area contributed by atoms with Crippen molar-refractivity contribution in [2.24, 2.45) is 0 Å². The normalized spacial score (nSPS) is 17.2. The van der Waals surface area contributed by atoms with Crippen LogP contribution in [0.25, 0.3) is 0 Å². The third kappa shape index (κ3) is 2.44. The molecule has 1 aromatic carbocycles. The van der Waals surface area contributed by atoms with E-state index >= 15 is 0 Å². The Kier molecular flexibility index (Phi) is 3.77. The highest BCUT2D eigenvalue weighted by atomic mass is 16.2. The molecule has 0 saturated heterocycles. The van der Waals surface area contributed by atoms with Crippen molar-refractivity contribution >= 4 is 17.5 Å². The monoisotopic (exact) mass is 313 g/mol. The molecule has 7 nitrogen and oxygen atoms in total. The van der Waals surface area contributed by atoms with Crippen LogP contribution in [-0.2, 0) is 4.79 Å². The number of para-hydroxylation sites is 1. The van der Waals surface area contributed by atoms with Crippen LogP contribution in [0.15, 0.2) is 30.6 Å². The van der Waals surface area contributed by atoms with E-state index in [0.717, 1.165) is 17.1 Å². The number of H-pyrrole nitrogens is 1. The number of nitrogens with zero attached hydrogens (tertiary/aromatic N) is 3. The number of imidazole rings is 1. The average molecular weight is 313 g/mol. The second-order valence-corrected chi connectivity index (χ2v) is 5.52. The van der Waals surface area contributed by atoms with Crippen molar-refractivity contribution in [2.75, 3.05) is 25.5 Å². The standard InChI is InChI=1S/C16H19N5O2/c1-10-14(19-9-18-10)15-20(3)16(23)11-6-4-5-7-12(11)21(15)8-13(22)17-2/h4-7,9,15H,8H2,1-3H3,(H,17,22)(H,18,19). The van der Waals surface area contributed by atoms with Gasteiger partial charge in [0.15, 0.2) is 0 Å². The van der Waals surface area contributed by atoms with E-state index in [9.17, 15) is 9.59 Å². The van der Waals surface area contributed by atoms with E-state index in [1.807, 2.05) is 30.0 Å². The molecule has 2 N–H and O–H groups in total. The highest BCUT2D eigenvalue weighted by Crippen LogP contribution is 2.37. The zero-order chi connectivity index (χ0) is 16.6. The van der Waals surface area contributed by atoms with Crippen molar-refractivity contribution in [1.29, 1.82) is 0 Å². The summed E-state index contributed by atoms with van der Waals surface area (Å²) in [4.78, 5) is 35.6. The predicted octanol–water partition coefficient (Wildman–Crippen LogP) is 1.05. The van der Waals surface area contributed by atoms with Gasteiger partial charge in [-0.1, -0.05) is 12.1 Å². The van der Waals surface area contributed by atoms with Crippen molar-refractivity contribution < 1.29 is 9.59 Å². The van der Waals surface area contributed by atoms with Crippen LogP contribution in [0.3, 0.4) is 0 Å². The van der Waals surface area contributed by atoms with E-state index < -0.39 is 6.17 Å². The first-order valence-electron chi connectivity index (χ1n) is 7.38. The summed E-state index contributed by atoms with van der Waals surface area (Å²) in [5.41, 5.74) is 2.94. The molecule has 1 aliphatic heterocycles. The number of aromatic nitrogens is 2. The first-order chi connectivity index (χ1) is 11.0. The van der Waals surface area contributed by atoms with Crippen LogP contribution < -0.4 is 10.2 Å². The summed E-state index contributed by atoms with van der Waals surface area (Å²) in [5, 5.41) is 2.64. The number of fused-ring (bicyclic) bond motifs is 1. The van der Waals surface area contributed by atoms with Crippen molar-refractivity contribution in [3.8, 4) is 0 Å². The molecular formula is C16H19N5O2. The SMILES string of the molecule is CNC(=O)CN1c2ccccc2C(=O)N(C)C1c1nc[nH]c1C. The highest BCUT2D eigenvalue weighted by molar-refractivity contribution is 6.02. The van der Waals surface area contributed by atoms with Crippen molar-refractivity contribution in [2.45, 2.75) is 13.1 Å². The molecule has 1 unspecified atom stereocenters. The molecule has 0 radical (unpaired) electrons. The van der Waals surface area contributed by atoms with Gasteiger partial charge >= 0.3 is 0 Å². The molecule has 0 bridgehead atoms. The van der Waals surface area contributed by atoms with Gasteiger partial charge in [-0.05, 0) is 19.1 Å². The molecule has 0 saturated carbocycles. The number of rotatable bonds is 3. The Morgan fingerprint density at radius 1 is 1.39 bits per heavy atom. The maximum Gasteiger partial charge on any atom is 0.257 e. The fourth-order valence-corrected chi connectivity index (χ4v) is 2.91. The van der Waals surface area contributed by atoms with Crippen LogP contribution in [0.2, 0.25) is 0 Å². The summed E-state index contributed by atoms with van der Waals surface area (Å²) in [6.45, 7) is 2.04. The fourth-order valence-electron chi connectivity index (χ4n) is 2.91. The minimum atomic E-state index is -0.430. The summed E-state index contributed by atoms with van der Waals surface area (Å²) in [7, 11) is 3.33. The Balaban J connectivity index is 2.14. The van der Waals surface area contributed by atoms with Gasteiger partial charge in [0.1, 0.15) is 11.9 Å². The molecule has 2 heterocycles. The number of anilines is 1. The lowest BCUT2D eigenvalue weighted by Gasteiger charge is -2.43. The Hall–Kier alpha value is -2.83. The summed E-state index contributed by atoms with van der Waals surface area (Å²) in [5.74, 6) is -0.207. The Bertz CT molecular complexity index is 754. The van der Waals surface area contributed by atoms with Crippen LogP contribution in [0.4, 0.5) is 5.69 Å². The van der Waals surface area contributed by atoms with E-state index in [4.69, 9.17) is 0 Å². The van der Waals surface area contributed by atoms with Gasteiger partial charge in [-0.25, -0.2) is 4.98 Å². The lowest BCUT2D eigenvalue weighted by Crippen LogP contribution is -2.50. The maximum absolute atomic E-state index is 12.7. The quantitative estimate of drug-likeness (QED) is 0.887. The fraction of sp³-hybridized carbons (Fsp3) is 0.312. The van der Waals surface area contributed by atoms with Crippen molar-refractivity contribution in [1.82, 2.24) is 20.2 Å². The lowest BCUT2D eigenvalue weighted by atomic mass is 10.0. The molecule has 7 heteroatoms. The van der Waals surface area contributed by atoms with Gasteiger partial charge in [-0.15, -0.1) is 0 Å². The Morgan fingerprint density at radius 3 is 2.78 bits per heavy atom. The molecular weight excluding hydrogens is 294 g/mol. The Labute approximate surface area is 134 Å². The topological polar surface area (TPSA) is 81.3 Å². The molecule has 1 aromatic heterocycles. The van der Waals surface area contributed by atoms with Crippen LogP contribution in [-0.4, -0.2) is 47.3 Å². The second kappa shape index (κ2) is 5.75. The average Bonchev–Trinajstić information content (AvgIpc) is 2.98. The maximum atomic E-state index is 12.7. The zero-order valence-electron chi connectivity index (χ0n) is 13.3. The molecule has 23 heavy (non-hydrogen) atoms. The number of amides is 2. The smallest absolute Gasteiger partial charge is 0.257 e. The van der Waals surface area contributed by atoms with Crippen LogP contribution in [0.1, 0.15) is 27.9 Å². The van der Waals surface area contributed by atoms with Crippen molar-refractivity contribution in [3.05, 3.63) is 47.5 Å². The summed E-state index contributed by atoms with van der Waals surface area (Å²) in [6.07, 6.45) is 1.17. The number of carbonyl (C=O) groups excluding carboxylic acids is 2. The summed E-state index contributed by atoms with van der Waals surface area (Å²) in [6, 6.07) is 7.32. The number of likely N-dealkylation sites (N-methyl/N-ethyl adjacent to an activating group) is 1. The molecule has 1 atom stereocenters. The first-order valence-corrected chi connectivity index (χ1v) is 7.38. The van der Waals surface area contributed by atoms with Crippen LogP contribution >= 0.6 is 0 Å². The molecule has 2 aromatic rings. The van der Waals surface area contributed by atoms with Crippen LogP contribution in [0.5, 0.6) is 0 Å². The number of benzene rings is 1. The molecule has 120 valence electrons. The number of aryl methyl sites for hydroxylation is 1. The second-order valence-electron chi connectivity index (χ2n) is 5.52. The van der Waals surface area contributed by atoms with Gasteiger partial charge in [-0.3, -0.25) is 9.59 Å². The van der Waals surface area contributed by atoms with E-state index in [0.29, 0.717) is 5.56 Å². The predicted molar refractivity (Wildman–Crippen MR) is 86.0 cm³/mol. The van der Waals surface area contributed by atoms with E-state index in [1.54, 1.807) is 31.4 Å². The summed E-state index contributed by atoms with van der Waals surface area (Å²) < 4.78 is 0. The number of aromatic amines is 1. The lowest BCUT2D eigenvalue weighted by molar-refractivity contribution is -0.119. The van der Waals surface area contributed by atoms with Gasteiger partial charge in [0, 0.05) is 19.8 Å². The minimum absolute atomic E-state index is 0.0823. The summed E-state index contributed by atoms with van der Waals surface area (Å²) >= 11 is 0. The number of nitrogens with one attached hydrogen (secondary N) is 2. The largest absolute Gasteiger partial charge is 0.358 e. The van der Waals surface area contributed by atoms with Crippen LogP contribution in [0, 0.1) is 6.92 Å². The van der Waals surface area contributed by atoms with Crippen molar-refractivity contribution in [3.63, 3.8) is 0 Å². The Morgan fingerprint density at radius 2 is 2.13 bits per heavy atom. The molecule has 0 fully saturated rings. The van der Waals surface area contributed by atoms with Gasteiger partial charge in [0.25, 0.3) is 5.91 Å². The zero-order valence-corrected chi connectivity index (χ0v) is 13.3. The van der Waals surface area contributed by atoms with Gasteiger partial charge in [-0.2, -0.15) is 0 Å². The molecule has 0 spiro atoms. The van der Waals surface area contributed by atoms with Gasteiger partial charge < -0.3 is 20.1 Å². The third-order valence-corrected chi connectivity index (χ3v) is 4.13. The van der Waals surface area contributed by atoms with Gasteiger partial charge in [0.2, 0.25) is 5.91 Å². The van der Waals surface area contributed by atoms with E-state index in [-0.39, 0.29) is 18.4 Å². The molecule has 3 rings (SSSR count). The van der Waals surface area contributed by atoms with E-state index in [1.165, 1.54) is 0 Å². The highest BCUT2D eigenvalue weighted by Gasteiger charge is 2.38. The number of hydrogen-bond donors (Lipinski definition) is 2. The molecule has 1 aliphatic rings. The van der Waals surface area contributed by atoms with E-state index in [2.05, 4.69) is 15.3 Å². The number of hydrogen-bond acceptors (Lipinski definition) is 4. The van der Waals surface area contributed by atoms with Gasteiger partial charge in [0.05, 0.1) is 24.1 Å². The minimum Gasteiger partial charge on any atom is -0.358 e. The molecule has 0 aliphatic carbocycles. The molecule has 2 amide bonds.